The number of rotatable bonds is 2. The van der Waals surface area contributed by atoms with Crippen LogP contribution in [-0.4, -0.2) is 26.3 Å². The molecule has 0 aliphatic carbocycles. The topological polar surface area (TPSA) is 69.6 Å². The predicted octanol–water partition coefficient (Wildman–Crippen LogP) is 2.40. The van der Waals surface area contributed by atoms with Crippen molar-refractivity contribution in [2.24, 2.45) is 5.73 Å². The number of nitrogens with zero attached hydrogens (tertiary/aromatic N) is 4. The summed E-state index contributed by atoms with van der Waals surface area (Å²) in [7, 11) is 0. The highest BCUT2D eigenvalue weighted by molar-refractivity contribution is 5.21. The summed E-state index contributed by atoms with van der Waals surface area (Å²) in [6, 6.07) is 4.38. The molecule has 112 valence electrons. The molecule has 0 aromatic carbocycles. The molecule has 2 unspecified atom stereocenters. The zero-order valence-corrected chi connectivity index (χ0v) is 13.0. The molecule has 0 spiro atoms. The van der Waals surface area contributed by atoms with E-state index in [1.807, 2.05) is 12.4 Å². The first-order valence-corrected chi connectivity index (χ1v) is 7.57. The lowest BCUT2D eigenvalue weighted by Gasteiger charge is -2.28. The Bertz CT molecular complexity index is 611. The Balaban J connectivity index is 2.07. The van der Waals surface area contributed by atoms with Gasteiger partial charge in [0.2, 0.25) is 0 Å². The van der Waals surface area contributed by atoms with E-state index in [-0.39, 0.29) is 11.5 Å². The Morgan fingerprint density at radius 2 is 1.95 bits per heavy atom. The van der Waals surface area contributed by atoms with Gasteiger partial charge in [-0.25, -0.2) is 9.67 Å². The van der Waals surface area contributed by atoms with E-state index < -0.39 is 0 Å². The number of pyridine rings is 1. The Hall–Kier alpha value is -1.75. The van der Waals surface area contributed by atoms with Crippen molar-refractivity contribution in [1.82, 2.24) is 19.7 Å². The molecule has 2 N–H and O–H groups in total. The van der Waals surface area contributed by atoms with Crippen LogP contribution in [0.3, 0.4) is 0 Å². The average Bonchev–Trinajstić information content (AvgIpc) is 2.92. The predicted molar refractivity (Wildman–Crippen MR) is 82.1 cm³/mol. The molecule has 0 saturated heterocycles. The van der Waals surface area contributed by atoms with E-state index in [0.29, 0.717) is 12.5 Å². The van der Waals surface area contributed by atoms with Gasteiger partial charge in [0.1, 0.15) is 5.82 Å². The molecule has 2 aromatic rings. The van der Waals surface area contributed by atoms with Crippen LogP contribution in [0.2, 0.25) is 0 Å². The SMILES string of the molecule is CC(C)(C)c1nc2n(n1)C(c1ccncc1)CCC2CN. The van der Waals surface area contributed by atoms with Crippen molar-refractivity contribution < 1.29 is 0 Å². The molecule has 0 radical (unpaired) electrons. The van der Waals surface area contributed by atoms with E-state index >= 15 is 0 Å². The molecule has 0 bridgehead atoms. The molecule has 2 atom stereocenters. The quantitative estimate of drug-likeness (QED) is 0.920. The summed E-state index contributed by atoms with van der Waals surface area (Å²) < 4.78 is 2.09. The van der Waals surface area contributed by atoms with Crippen LogP contribution in [0.15, 0.2) is 24.5 Å². The van der Waals surface area contributed by atoms with Gasteiger partial charge in [0.25, 0.3) is 0 Å². The van der Waals surface area contributed by atoms with E-state index in [0.717, 1.165) is 24.5 Å². The van der Waals surface area contributed by atoms with Gasteiger partial charge in [0, 0.05) is 30.3 Å². The lowest BCUT2D eigenvalue weighted by atomic mass is 9.91. The summed E-state index contributed by atoms with van der Waals surface area (Å²) in [6.45, 7) is 7.07. The standard InChI is InChI=1S/C16H23N5/c1-16(2,3)15-19-14-12(10-17)4-5-13(21(14)20-15)11-6-8-18-9-7-11/h6-9,12-13H,4-5,10,17H2,1-3H3. The highest BCUT2D eigenvalue weighted by Gasteiger charge is 2.32. The van der Waals surface area contributed by atoms with E-state index in [4.69, 9.17) is 15.8 Å². The summed E-state index contributed by atoms with van der Waals surface area (Å²) in [4.78, 5) is 8.91. The second-order valence-corrected chi connectivity index (χ2v) is 6.79. The van der Waals surface area contributed by atoms with Gasteiger partial charge in [-0.3, -0.25) is 4.98 Å². The summed E-state index contributed by atoms with van der Waals surface area (Å²) in [5, 5.41) is 4.81. The van der Waals surface area contributed by atoms with Crippen LogP contribution < -0.4 is 5.73 Å². The van der Waals surface area contributed by atoms with Gasteiger partial charge < -0.3 is 5.73 Å². The summed E-state index contributed by atoms with van der Waals surface area (Å²) >= 11 is 0. The van der Waals surface area contributed by atoms with Crippen molar-refractivity contribution in [2.45, 2.75) is 51.0 Å². The Morgan fingerprint density at radius 1 is 1.24 bits per heavy atom. The maximum Gasteiger partial charge on any atom is 0.156 e. The van der Waals surface area contributed by atoms with Crippen LogP contribution in [0.1, 0.15) is 62.8 Å². The lowest BCUT2D eigenvalue weighted by Crippen LogP contribution is -2.27. The number of hydrogen-bond donors (Lipinski definition) is 1. The molecule has 5 nitrogen and oxygen atoms in total. The zero-order chi connectivity index (χ0) is 15.0. The molecule has 21 heavy (non-hydrogen) atoms. The molecule has 3 rings (SSSR count). The minimum Gasteiger partial charge on any atom is -0.330 e. The maximum atomic E-state index is 5.93. The average molecular weight is 285 g/mol. The van der Waals surface area contributed by atoms with E-state index in [1.165, 1.54) is 5.56 Å². The van der Waals surface area contributed by atoms with Crippen LogP contribution >= 0.6 is 0 Å². The van der Waals surface area contributed by atoms with Gasteiger partial charge in [-0.15, -0.1) is 0 Å². The second-order valence-electron chi connectivity index (χ2n) is 6.79. The fourth-order valence-electron chi connectivity index (χ4n) is 2.89. The minimum absolute atomic E-state index is 0.0493. The molecule has 3 heterocycles. The zero-order valence-electron chi connectivity index (χ0n) is 13.0. The van der Waals surface area contributed by atoms with E-state index in [9.17, 15) is 0 Å². The molecule has 0 amide bonds. The van der Waals surface area contributed by atoms with E-state index in [1.54, 1.807) is 0 Å². The van der Waals surface area contributed by atoms with Crippen molar-refractivity contribution >= 4 is 0 Å². The van der Waals surface area contributed by atoms with Crippen LogP contribution in [0.5, 0.6) is 0 Å². The summed E-state index contributed by atoms with van der Waals surface area (Å²) in [5.74, 6) is 2.25. The third-order valence-corrected chi connectivity index (χ3v) is 4.15. The van der Waals surface area contributed by atoms with Crippen molar-refractivity contribution in [1.29, 1.82) is 0 Å². The molecule has 1 aliphatic rings. The monoisotopic (exact) mass is 285 g/mol. The van der Waals surface area contributed by atoms with Crippen molar-refractivity contribution in [2.75, 3.05) is 6.54 Å². The third kappa shape index (κ3) is 2.58. The molecule has 1 aliphatic heterocycles. The fourth-order valence-corrected chi connectivity index (χ4v) is 2.89. The second kappa shape index (κ2) is 5.22. The van der Waals surface area contributed by atoms with Crippen molar-refractivity contribution in [3.8, 4) is 0 Å². The van der Waals surface area contributed by atoms with Crippen molar-refractivity contribution in [3.05, 3.63) is 41.7 Å². The first-order chi connectivity index (χ1) is 10.0. The van der Waals surface area contributed by atoms with Crippen LogP contribution in [0.4, 0.5) is 0 Å². The molecule has 5 heteroatoms. The third-order valence-electron chi connectivity index (χ3n) is 4.15. The molecule has 2 aromatic heterocycles. The number of fused-ring (bicyclic) bond motifs is 1. The number of aromatic nitrogens is 4. The summed E-state index contributed by atoms with van der Waals surface area (Å²) in [5.41, 5.74) is 7.12. The van der Waals surface area contributed by atoms with Gasteiger partial charge in [0.05, 0.1) is 6.04 Å². The maximum absolute atomic E-state index is 5.93. The molecule has 0 saturated carbocycles. The Kier molecular flexibility index (Phi) is 3.53. The van der Waals surface area contributed by atoms with Crippen LogP contribution in [0.25, 0.3) is 0 Å². The Labute approximate surface area is 125 Å². The highest BCUT2D eigenvalue weighted by Crippen LogP contribution is 2.36. The van der Waals surface area contributed by atoms with Gasteiger partial charge >= 0.3 is 0 Å². The van der Waals surface area contributed by atoms with Gasteiger partial charge in [-0.1, -0.05) is 20.8 Å². The number of hydrogen-bond acceptors (Lipinski definition) is 4. The Morgan fingerprint density at radius 3 is 2.57 bits per heavy atom. The van der Waals surface area contributed by atoms with Gasteiger partial charge in [-0.2, -0.15) is 5.10 Å². The van der Waals surface area contributed by atoms with Gasteiger partial charge in [-0.05, 0) is 30.5 Å². The van der Waals surface area contributed by atoms with Crippen LogP contribution in [0, 0.1) is 0 Å². The van der Waals surface area contributed by atoms with Gasteiger partial charge in [0.15, 0.2) is 5.82 Å². The minimum atomic E-state index is -0.0493. The van der Waals surface area contributed by atoms with E-state index in [2.05, 4.69) is 42.6 Å². The normalized spacial score (nSPS) is 22.1. The molecular formula is C16H23N5. The first-order valence-electron chi connectivity index (χ1n) is 7.57. The highest BCUT2D eigenvalue weighted by atomic mass is 15.4. The molecular weight excluding hydrogens is 262 g/mol. The lowest BCUT2D eigenvalue weighted by molar-refractivity contribution is 0.366. The molecule has 0 fully saturated rings. The smallest absolute Gasteiger partial charge is 0.156 e. The largest absolute Gasteiger partial charge is 0.330 e. The first kappa shape index (κ1) is 14.2. The summed E-state index contributed by atoms with van der Waals surface area (Å²) in [6.07, 6.45) is 5.79. The van der Waals surface area contributed by atoms with Crippen molar-refractivity contribution in [3.63, 3.8) is 0 Å². The number of nitrogens with two attached hydrogens (primary N) is 1. The fraction of sp³-hybridized carbons (Fsp3) is 0.562. The van der Waals surface area contributed by atoms with Crippen LogP contribution in [-0.2, 0) is 5.41 Å².